The predicted molar refractivity (Wildman–Crippen MR) is 84.9 cm³/mol. The molecule has 4 heteroatoms. The smallest absolute Gasteiger partial charge is 0.130 e. The lowest BCUT2D eigenvalue weighted by atomic mass is 10.0. The number of benzene rings is 2. The van der Waals surface area contributed by atoms with Crippen LogP contribution in [0.15, 0.2) is 53.0 Å². The molecule has 0 amide bonds. The molecular formula is C15H8BrCl2N. The van der Waals surface area contributed by atoms with Crippen LogP contribution in [0.25, 0.3) is 22.0 Å². The molecule has 0 spiro atoms. The van der Waals surface area contributed by atoms with Gasteiger partial charge in [0.05, 0.1) is 5.52 Å². The lowest BCUT2D eigenvalue weighted by Gasteiger charge is -2.08. The Morgan fingerprint density at radius 2 is 1.79 bits per heavy atom. The van der Waals surface area contributed by atoms with Crippen LogP contribution in [0.4, 0.5) is 0 Å². The second-order valence-corrected chi connectivity index (χ2v) is 5.90. The van der Waals surface area contributed by atoms with Gasteiger partial charge in [-0.05, 0) is 47.5 Å². The molecule has 0 bridgehead atoms. The van der Waals surface area contributed by atoms with Crippen molar-refractivity contribution < 1.29 is 0 Å². The topological polar surface area (TPSA) is 12.9 Å². The Labute approximate surface area is 129 Å². The third-order valence-electron chi connectivity index (χ3n) is 2.88. The minimum atomic E-state index is 0.477. The molecule has 3 aromatic rings. The van der Waals surface area contributed by atoms with Gasteiger partial charge in [0.1, 0.15) is 5.15 Å². The van der Waals surface area contributed by atoms with E-state index < -0.39 is 0 Å². The summed E-state index contributed by atoms with van der Waals surface area (Å²) in [4.78, 5) is 4.34. The third-order valence-corrected chi connectivity index (χ3v) is 3.80. The number of halogens is 3. The lowest BCUT2D eigenvalue weighted by Crippen LogP contribution is -1.86. The van der Waals surface area contributed by atoms with Crippen molar-refractivity contribution in [1.29, 1.82) is 0 Å². The van der Waals surface area contributed by atoms with E-state index in [-0.39, 0.29) is 0 Å². The molecule has 3 rings (SSSR count). The molecule has 1 aromatic heterocycles. The van der Waals surface area contributed by atoms with Crippen LogP contribution in [0, 0.1) is 0 Å². The van der Waals surface area contributed by atoms with Gasteiger partial charge in [-0.25, -0.2) is 4.98 Å². The van der Waals surface area contributed by atoms with Gasteiger partial charge in [-0.3, -0.25) is 0 Å². The number of fused-ring (bicyclic) bond motifs is 1. The van der Waals surface area contributed by atoms with E-state index in [1.54, 1.807) is 0 Å². The summed E-state index contributed by atoms with van der Waals surface area (Å²) >= 11 is 15.6. The summed E-state index contributed by atoms with van der Waals surface area (Å²) in [5, 5.41) is 2.22. The van der Waals surface area contributed by atoms with Crippen molar-refractivity contribution in [2.45, 2.75) is 0 Å². The highest BCUT2D eigenvalue weighted by atomic mass is 79.9. The van der Waals surface area contributed by atoms with Crippen molar-refractivity contribution in [2.24, 2.45) is 0 Å². The molecule has 2 aromatic carbocycles. The van der Waals surface area contributed by atoms with E-state index in [4.69, 9.17) is 23.2 Å². The molecule has 0 saturated carbocycles. The van der Waals surface area contributed by atoms with E-state index >= 15 is 0 Å². The van der Waals surface area contributed by atoms with Crippen molar-refractivity contribution in [3.63, 3.8) is 0 Å². The number of hydrogen-bond donors (Lipinski definition) is 0. The van der Waals surface area contributed by atoms with Gasteiger partial charge < -0.3 is 0 Å². The van der Waals surface area contributed by atoms with Gasteiger partial charge in [0.2, 0.25) is 0 Å². The van der Waals surface area contributed by atoms with Crippen LogP contribution in [0.5, 0.6) is 0 Å². The Balaban J connectivity index is 2.36. The Hall–Kier alpha value is -1.09. The molecule has 94 valence electrons. The monoisotopic (exact) mass is 351 g/mol. The number of aromatic nitrogens is 1. The first-order valence-corrected chi connectivity index (χ1v) is 7.20. The second kappa shape index (κ2) is 5.12. The molecule has 0 aliphatic rings. The van der Waals surface area contributed by atoms with Crippen molar-refractivity contribution in [3.8, 4) is 11.1 Å². The summed E-state index contributed by atoms with van der Waals surface area (Å²) in [6, 6.07) is 15.5. The average Bonchev–Trinajstić information content (AvgIpc) is 2.38. The third kappa shape index (κ3) is 2.62. The van der Waals surface area contributed by atoms with Crippen LogP contribution in [-0.4, -0.2) is 4.98 Å². The molecule has 0 unspecified atom stereocenters. The molecule has 0 atom stereocenters. The molecule has 1 heterocycles. The van der Waals surface area contributed by atoms with Crippen LogP contribution in [0.1, 0.15) is 0 Å². The normalized spacial score (nSPS) is 10.9. The first-order chi connectivity index (χ1) is 9.13. The van der Waals surface area contributed by atoms with Gasteiger partial charge in [0.15, 0.2) is 0 Å². The highest BCUT2D eigenvalue weighted by Crippen LogP contribution is 2.32. The molecule has 0 radical (unpaired) electrons. The molecular weight excluding hydrogens is 345 g/mol. The fourth-order valence-electron chi connectivity index (χ4n) is 2.06. The van der Waals surface area contributed by atoms with Crippen LogP contribution in [0.3, 0.4) is 0 Å². The Morgan fingerprint density at radius 1 is 0.947 bits per heavy atom. The van der Waals surface area contributed by atoms with Crippen LogP contribution >= 0.6 is 39.1 Å². The highest BCUT2D eigenvalue weighted by molar-refractivity contribution is 9.10. The summed E-state index contributed by atoms with van der Waals surface area (Å²) in [5.41, 5.74) is 2.92. The molecule has 0 saturated heterocycles. The van der Waals surface area contributed by atoms with Gasteiger partial charge in [-0.1, -0.05) is 51.3 Å². The van der Waals surface area contributed by atoms with E-state index in [0.29, 0.717) is 10.2 Å². The molecule has 19 heavy (non-hydrogen) atoms. The van der Waals surface area contributed by atoms with E-state index in [1.165, 1.54) is 0 Å². The summed E-state index contributed by atoms with van der Waals surface area (Å²) in [6.45, 7) is 0. The first-order valence-electron chi connectivity index (χ1n) is 5.65. The Bertz CT molecular complexity index is 771. The SMILES string of the molecule is Clc1cccc(-c2cc(Cl)nc3ccc(Br)cc23)c1. The number of nitrogens with zero attached hydrogens (tertiary/aromatic N) is 1. The standard InChI is InChI=1S/C15H8BrCl2N/c16-10-4-5-14-13(7-10)12(8-15(18)19-14)9-2-1-3-11(17)6-9/h1-8H. The van der Waals surface area contributed by atoms with Crippen molar-refractivity contribution in [2.75, 3.05) is 0 Å². The van der Waals surface area contributed by atoms with Gasteiger partial charge in [0, 0.05) is 14.9 Å². The summed E-state index contributed by atoms with van der Waals surface area (Å²) in [7, 11) is 0. The maximum Gasteiger partial charge on any atom is 0.130 e. The lowest BCUT2D eigenvalue weighted by molar-refractivity contribution is 1.41. The number of rotatable bonds is 1. The quantitative estimate of drug-likeness (QED) is 0.491. The van der Waals surface area contributed by atoms with Crippen LogP contribution < -0.4 is 0 Å². The van der Waals surface area contributed by atoms with E-state index in [2.05, 4.69) is 20.9 Å². The summed E-state index contributed by atoms with van der Waals surface area (Å²) in [6.07, 6.45) is 0. The first kappa shape index (κ1) is 12.9. The molecule has 0 N–H and O–H groups in total. The van der Waals surface area contributed by atoms with Gasteiger partial charge in [-0.15, -0.1) is 0 Å². The second-order valence-electron chi connectivity index (χ2n) is 4.16. The molecule has 1 nitrogen and oxygen atoms in total. The van der Waals surface area contributed by atoms with E-state index in [0.717, 1.165) is 26.5 Å². The van der Waals surface area contributed by atoms with Gasteiger partial charge in [-0.2, -0.15) is 0 Å². The molecule has 0 aliphatic heterocycles. The fourth-order valence-corrected chi connectivity index (χ4v) is 2.81. The largest absolute Gasteiger partial charge is 0.236 e. The summed E-state index contributed by atoms with van der Waals surface area (Å²) < 4.78 is 1.01. The molecule has 0 fully saturated rings. The van der Waals surface area contributed by atoms with Crippen molar-refractivity contribution >= 4 is 50.0 Å². The fraction of sp³-hybridized carbons (Fsp3) is 0. The average molecular weight is 353 g/mol. The molecule has 0 aliphatic carbocycles. The van der Waals surface area contributed by atoms with E-state index in [1.807, 2.05) is 48.5 Å². The maximum absolute atomic E-state index is 6.10. The summed E-state index contributed by atoms with van der Waals surface area (Å²) in [5.74, 6) is 0. The highest BCUT2D eigenvalue weighted by Gasteiger charge is 2.08. The van der Waals surface area contributed by atoms with Gasteiger partial charge >= 0.3 is 0 Å². The van der Waals surface area contributed by atoms with Crippen LogP contribution in [-0.2, 0) is 0 Å². The zero-order valence-electron chi connectivity index (χ0n) is 9.70. The minimum absolute atomic E-state index is 0.477. The van der Waals surface area contributed by atoms with E-state index in [9.17, 15) is 0 Å². The number of pyridine rings is 1. The van der Waals surface area contributed by atoms with Crippen molar-refractivity contribution in [3.05, 3.63) is 63.2 Å². The Kier molecular flexibility index (Phi) is 3.48. The minimum Gasteiger partial charge on any atom is -0.236 e. The zero-order valence-corrected chi connectivity index (χ0v) is 12.8. The van der Waals surface area contributed by atoms with Crippen molar-refractivity contribution in [1.82, 2.24) is 4.98 Å². The predicted octanol–water partition coefficient (Wildman–Crippen LogP) is 5.97. The maximum atomic E-state index is 6.10. The van der Waals surface area contributed by atoms with Crippen LogP contribution in [0.2, 0.25) is 10.2 Å². The Morgan fingerprint density at radius 3 is 2.58 bits per heavy atom. The van der Waals surface area contributed by atoms with Gasteiger partial charge in [0.25, 0.3) is 0 Å². The zero-order chi connectivity index (χ0) is 13.4. The number of hydrogen-bond acceptors (Lipinski definition) is 1.